The van der Waals surface area contributed by atoms with Gasteiger partial charge in [-0.15, -0.1) is 11.3 Å². The minimum atomic E-state index is -1.39. The van der Waals surface area contributed by atoms with E-state index in [1.165, 1.54) is 17.4 Å². The molecule has 0 spiro atoms. The normalized spacial score (nSPS) is 10.6. The van der Waals surface area contributed by atoms with Gasteiger partial charge in [-0.3, -0.25) is 0 Å². The number of hydrogen-bond acceptors (Lipinski definition) is 4. The predicted molar refractivity (Wildman–Crippen MR) is 58.5 cm³/mol. The van der Waals surface area contributed by atoms with Crippen LogP contribution in [-0.2, 0) is 0 Å². The van der Waals surface area contributed by atoms with Crippen LogP contribution in [0, 0.1) is 0 Å². The third kappa shape index (κ3) is 1.62. The SMILES string of the molecule is O=C(O)c1cc2scc(Cl)c2nc1C(=O)O. The highest BCUT2D eigenvalue weighted by atomic mass is 35.5. The molecule has 0 radical (unpaired) electrons. The van der Waals surface area contributed by atoms with Crippen molar-refractivity contribution in [2.45, 2.75) is 0 Å². The molecule has 0 aromatic carbocycles. The lowest BCUT2D eigenvalue weighted by Crippen LogP contribution is -2.10. The average Bonchev–Trinajstić information content (AvgIpc) is 2.58. The van der Waals surface area contributed by atoms with E-state index in [0.717, 1.165) is 0 Å². The van der Waals surface area contributed by atoms with Gasteiger partial charge < -0.3 is 10.2 Å². The molecule has 16 heavy (non-hydrogen) atoms. The molecule has 0 unspecified atom stereocenters. The zero-order valence-corrected chi connectivity index (χ0v) is 9.17. The van der Waals surface area contributed by atoms with Gasteiger partial charge in [-0.25, -0.2) is 14.6 Å². The Hall–Kier alpha value is -1.66. The number of nitrogens with zero attached hydrogens (tertiary/aromatic N) is 1. The highest BCUT2D eigenvalue weighted by Gasteiger charge is 2.20. The van der Waals surface area contributed by atoms with Crippen LogP contribution in [0.25, 0.3) is 10.2 Å². The highest BCUT2D eigenvalue weighted by Crippen LogP contribution is 2.29. The second-order valence-corrected chi connectivity index (χ2v) is 4.24. The first-order valence-corrected chi connectivity index (χ1v) is 5.31. The fraction of sp³-hybridized carbons (Fsp3) is 0. The van der Waals surface area contributed by atoms with E-state index in [9.17, 15) is 9.59 Å². The first-order valence-electron chi connectivity index (χ1n) is 4.05. The summed E-state index contributed by atoms with van der Waals surface area (Å²) < 4.78 is 0.549. The van der Waals surface area contributed by atoms with Gasteiger partial charge in [-0.05, 0) is 6.07 Å². The summed E-state index contributed by atoms with van der Waals surface area (Å²) >= 11 is 7.00. The van der Waals surface area contributed by atoms with Crippen molar-refractivity contribution in [3.8, 4) is 0 Å². The molecule has 0 saturated heterocycles. The quantitative estimate of drug-likeness (QED) is 0.862. The molecule has 0 amide bonds. The number of aromatic carboxylic acids is 2. The minimum absolute atomic E-state index is 0.314. The van der Waals surface area contributed by atoms with Crippen molar-refractivity contribution >= 4 is 45.1 Å². The molecule has 0 aliphatic heterocycles. The standard InChI is InChI=1S/C9H4ClNO4S/c10-4-2-16-5-1-3(8(12)13)6(9(14)15)11-7(4)5/h1-2H,(H,12,13)(H,14,15). The van der Waals surface area contributed by atoms with Gasteiger partial charge in [0.15, 0.2) is 5.69 Å². The van der Waals surface area contributed by atoms with Gasteiger partial charge in [0.25, 0.3) is 0 Å². The summed E-state index contributed by atoms with van der Waals surface area (Å²) in [6.45, 7) is 0. The number of halogens is 1. The van der Waals surface area contributed by atoms with Crippen molar-refractivity contribution in [2.24, 2.45) is 0 Å². The fourth-order valence-electron chi connectivity index (χ4n) is 1.25. The molecule has 2 N–H and O–H groups in total. The summed E-state index contributed by atoms with van der Waals surface area (Å²) in [6, 6.07) is 1.27. The third-order valence-corrected chi connectivity index (χ3v) is 3.27. The summed E-state index contributed by atoms with van der Waals surface area (Å²) in [5, 5.41) is 19.6. The number of fused-ring (bicyclic) bond motifs is 1. The molecule has 2 heterocycles. The number of thiophene rings is 1. The molecular formula is C9H4ClNO4S. The van der Waals surface area contributed by atoms with Crippen LogP contribution in [0.1, 0.15) is 20.8 Å². The van der Waals surface area contributed by atoms with Crippen molar-refractivity contribution < 1.29 is 19.8 Å². The molecule has 7 heteroatoms. The molecule has 0 aliphatic rings. The van der Waals surface area contributed by atoms with E-state index in [4.69, 9.17) is 21.8 Å². The minimum Gasteiger partial charge on any atom is -0.478 e. The van der Waals surface area contributed by atoms with Gasteiger partial charge >= 0.3 is 11.9 Å². The Labute approximate surface area is 97.9 Å². The van der Waals surface area contributed by atoms with Crippen LogP contribution in [0.2, 0.25) is 5.02 Å². The van der Waals surface area contributed by atoms with Crippen molar-refractivity contribution in [3.63, 3.8) is 0 Å². The van der Waals surface area contributed by atoms with Crippen molar-refractivity contribution in [3.05, 3.63) is 27.7 Å². The Bertz CT molecular complexity index is 607. The van der Waals surface area contributed by atoms with E-state index in [-0.39, 0.29) is 5.56 Å². The van der Waals surface area contributed by atoms with E-state index >= 15 is 0 Å². The first-order chi connectivity index (χ1) is 7.50. The molecule has 0 aliphatic carbocycles. The van der Waals surface area contributed by atoms with Crippen LogP contribution < -0.4 is 0 Å². The van der Waals surface area contributed by atoms with E-state index in [1.807, 2.05) is 0 Å². The number of aromatic nitrogens is 1. The number of hydrogen-bond donors (Lipinski definition) is 2. The maximum absolute atomic E-state index is 10.8. The van der Waals surface area contributed by atoms with Gasteiger partial charge in [0.05, 0.1) is 15.3 Å². The van der Waals surface area contributed by atoms with Crippen LogP contribution in [0.4, 0.5) is 0 Å². The fourth-order valence-corrected chi connectivity index (χ4v) is 2.38. The van der Waals surface area contributed by atoms with Gasteiger partial charge in [0.1, 0.15) is 5.52 Å². The molecule has 0 fully saturated rings. The summed E-state index contributed by atoms with van der Waals surface area (Å²) in [6.07, 6.45) is 0. The lowest BCUT2D eigenvalue weighted by atomic mass is 10.2. The number of carboxylic acid groups (broad SMARTS) is 2. The average molecular weight is 258 g/mol. The molecule has 5 nitrogen and oxygen atoms in total. The van der Waals surface area contributed by atoms with E-state index in [1.54, 1.807) is 5.38 Å². The lowest BCUT2D eigenvalue weighted by Gasteiger charge is -2.00. The molecular weight excluding hydrogens is 254 g/mol. The highest BCUT2D eigenvalue weighted by molar-refractivity contribution is 7.17. The second-order valence-electron chi connectivity index (χ2n) is 2.93. The Morgan fingerprint density at radius 1 is 1.31 bits per heavy atom. The Morgan fingerprint density at radius 3 is 2.56 bits per heavy atom. The maximum atomic E-state index is 10.8. The van der Waals surface area contributed by atoms with Crippen LogP contribution in [0.3, 0.4) is 0 Å². The number of carboxylic acids is 2. The third-order valence-electron chi connectivity index (χ3n) is 1.94. The summed E-state index contributed by atoms with van der Waals surface area (Å²) in [5.41, 5.74) is -0.520. The van der Waals surface area contributed by atoms with Crippen LogP contribution in [0.15, 0.2) is 11.4 Å². The van der Waals surface area contributed by atoms with Crippen LogP contribution in [-0.4, -0.2) is 27.1 Å². The lowest BCUT2D eigenvalue weighted by molar-refractivity contribution is 0.0647. The van der Waals surface area contributed by atoms with E-state index < -0.39 is 17.6 Å². The first kappa shape index (κ1) is 10.8. The zero-order chi connectivity index (χ0) is 11.9. The van der Waals surface area contributed by atoms with Crippen LogP contribution >= 0.6 is 22.9 Å². The Kier molecular flexibility index (Phi) is 2.53. The molecule has 2 rings (SSSR count). The Balaban J connectivity index is 2.83. The largest absolute Gasteiger partial charge is 0.478 e. The summed E-state index contributed by atoms with van der Waals surface area (Å²) in [4.78, 5) is 25.4. The van der Waals surface area contributed by atoms with Crippen molar-refractivity contribution in [2.75, 3.05) is 0 Å². The monoisotopic (exact) mass is 257 g/mol. The molecule has 0 atom stereocenters. The van der Waals surface area contributed by atoms with Gasteiger partial charge in [-0.1, -0.05) is 11.6 Å². The zero-order valence-electron chi connectivity index (χ0n) is 7.60. The van der Waals surface area contributed by atoms with Crippen LogP contribution in [0.5, 0.6) is 0 Å². The Morgan fingerprint density at radius 2 is 2.00 bits per heavy atom. The number of rotatable bonds is 2. The smallest absolute Gasteiger partial charge is 0.355 e. The van der Waals surface area contributed by atoms with Crippen molar-refractivity contribution in [1.82, 2.24) is 4.98 Å². The maximum Gasteiger partial charge on any atom is 0.355 e. The topological polar surface area (TPSA) is 87.5 Å². The van der Waals surface area contributed by atoms with E-state index in [2.05, 4.69) is 4.98 Å². The summed E-state index contributed by atoms with van der Waals surface area (Å²) in [7, 11) is 0. The molecule has 0 saturated carbocycles. The molecule has 0 bridgehead atoms. The van der Waals surface area contributed by atoms with Gasteiger partial charge in [-0.2, -0.15) is 0 Å². The summed E-state index contributed by atoms with van der Waals surface area (Å²) in [5.74, 6) is -2.71. The number of pyridine rings is 1. The molecule has 82 valence electrons. The van der Waals surface area contributed by atoms with E-state index in [0.29, 0.717) is 15.2 Å². The molecule has 2 aromatic rings. The predicted octanol–water partition coefficient (Wildman–Crippen LogP) is 2.35. The van der Waals surface area contributed by atoms with Gasteiger partial charge in [0.2, 0.25) is 0 Å². The van der Waals surface area contributed by atoms with Crippen molar-refractivity contribution in [1.29, 1.82) is 0 Å². The van der Waals surface area contributed by atoms with Gasteiger partial charge in [0, 0.05) is 5.38 Å². The number of carbonyl (C=O) groups is 2. The molecule has 2 aromatic heterocycles. The second kappa shape index (κ2) is 3.73.